The lowest BCUT2D eigenvalue weighted by Gasteiger charge is -2.26. The van der Waals surface area contributed by atoms with Crippen LogP contribution in [0.3, 0.4) is 0 Å². The summed E-state index contributed by atoms with van der Waals surface area (Å²) in [6.45, 7) is 0.228. The number of aromatic hydroxyl groups is 1. The zero-order valence-corrected chi connectivity index (χ0v) is 18.1. The minimum Gasteiger partial charge on any atom is -0.508 e. The SMILES string of the molecule is N#CC1=C(N)Oc2cc(O)ccc2[C@@H]1c1ccc(OCc2ccc([N+](=O)[O-])cc2)c(Br)c1. The molecule has 0 fully saturated rings. The van der Waals surface area contributed by atoms with Crippen LogP contribution in [0.2, 0.25) is 0 Å². The van der Waals surface area contributed by atoms with Crippen molar-refractivity contribution >= 4 is 21.6 Å². The first kappa shape index (κ1) is 21.2. The lowest BCUT2D eigenvalue weighted by molar-refractivity contribution is -0.384. The number of ether oxygens (including phenoxy) is 2. The van der Waals surface area contributed by atoms with Crippen LogP contribution in [0, 0.1) is 21.4 Å². The highest BCUT2D eigenvalue weighted by Crippen LogP contribution is 2.44. The summed E-state index contributed by atoms with van der Waals surface area (Å²) in [6, 6.07) is 18.4. The number of benzene rings is 3. The van der Waals surface area contributed by atoms with E-state index in [4.69, 9.17) is 15.2 Å². The van der Waals surface area contributed by atoms with Crippen molar-refractivity contribution in [2.24, 2.45) is 5.73 Å². The molecule has 160 valence electrons. The van der Waals surface area contributed by atoms with Crippen LogP contribution in [0.4, 0.5) is 5.69 Å². The highest BCUT2D eigenvalue weighted by molar-refractivity contribution is 9.10. The van der Waals surface area contributed by atoms with Gasteiger partial charge in [-0.25, -0.2) is 0 Å². The van der Waals surface area contributed by atoms with Crippen LogP contribution >= 0.6 is 15.9 Å². The first-order valence-corrected chi connectivity index (χ1v) is 10.2. The van der Waals surface area contributed by atoms with Crippen molar-refractivity contribution in [3.05, 3.63) is 103 Å². The Morgan fingerprint density at radius 2 is 1.94 bits per heavy atom. The highest BCUT2D eigenvalue weighted by Gasteiger charge is 2.31. The van der Waals surface area contributed by atoms with Gasteiger partial charge in [0.2, 0.25) is 5.88 Å². The molecule has 8 nitrogen and oxygen atoms in total. The number of rotatable bonds is 5. The lowest BCUT2D eigenvalue weighted by atomic mass is 9.83. The number of non-ortho nitro benzene ring substituents is 1. The molecule has 0 aliphatic carbocycles. The number of allylic oxidation sites excluding steroid dienone is 1. The molecule has 4 rings (SSSR count). The molecular formula is C23H16BrN3O5. The third-order valence-electron chi connectivity index (χ3n) is 5.03. The molecule has 0 unspecified atom stereocenters. The number of fused-ring (bicyclic) bond motifs is 1. The molecule has 0 radical (unpaired) electrons. The van der Waals surface area contributed by atoms with E-state index >= 15 is 0 Å². The topological polar surface area (TPSA) is 132 Å². The quantitative estimate of drug-likeness (QED) is 0.383. The van der Waals surface area contributed by atoms with E-state index in [2.05, 4.69) is 22.0 Å². The van der Waals surface area contributed by atoms with Gasteiger partial charge in [0.15, 0.2) is 0 Å². The smallest absolute Gasteiger partial charge is 0.269 e. The summed E-state index contributed by atoms with van der Waals surface area (Å²) in [5.74, 6) is 0.517. The van der Waals surface area contributed by atoms with Crippen molar-refractivity contribution in [1.82, 2.24) is 0 Å². The van der Waals surface area contributed by atoms with Gasteiger partial charge in [0.1, 0.15) is 35.5 Å². The number of nitrogens with two attached hydrogens (primary N) is 1. The van der Waals surface area contributed by atoms with Gasteiger partial charge in [0, 0.05) is 23.8 Å². The van der Waals surface area contributed by atoms with Gasteiger partial charge in [-0.05, 0) is 57.4 Å². The molecule has 1 heterocycles. The predicted molar refractivity (Wildman–Crippen MR) is 119 cm³/mol. The Hall–Kier alpha value is -4.03. The van der Waals surface area contributed by atoms with Crippen LogP contribution < -0.4 is 15.2 Å². The lowest BCUT2D eigenvalue weighted by Crippen LogP contribution is -2.21. The molecule has 3 aromatic carbocycles. The third-order valence-corrected chi connectivity index (χ3v) is 5.65. The molecule has 32 heavy (non-hydrogen) atoms. The van der Waals surface area contributed by atoms with Crippen LogP contribution in [0.15, 0.2) is 76.6 Å². The molecule has 1 aliphatic heterocycles. The summed E-state index contributed by atoms with van der Waals surface area (Å²) in [4.78, 5) is 10.3. The second kappa shape index (κ2) is 8.61. The first-order valence-electron chi connectivity index (χ1n) is 9.43. The van der Waals surface area contributed by atoms with Gasteiger partial charge in [-0.2, -0.15) is 5.26 Å². The Balaban J connectivity index is 1.60. The molecule has 1 aliphatic rings. The van der Waals surface area contributed by atoms with Crippen LogP contribution in [-0.4, -0.2) is 10.0 Å². The number of nitro benzene ring substituents is 1. The molecule has 0 bridgehead atoms. The molecular weight excluding hydrogens is 478 g/mol. The van der Waals surface area contributed by atoms with E-state index < -0.39 is 10.8 Å². The Labute approximate surface area is 191 Å². The fourth-order valence-corrected chi connectivity index (χ4v) is 3.99. The van der Waals surface area contributed by atoms with Gasteiger partial charge in [0.25, 0.3) is 5.69 Å². The van der Waals surface area contributed by atoms with Crippen molar-refractivity contribution in [3.8, 4) is 23.3 Å². The molecule has 0 amide bonds. The molecule has 3 aromatic rings. The number of nitriles is 1. The zero-order chi connectivity index (χ0) is 22.8. The van der Waals surface area contributed by atoms with E-state index in [1.165, 1.54) is 24.3 Å². The summed E-state index contributed by atoms with van der Waals surface area (Å²) in [7, 11) is 0. The van der Waals surface area contributed by atoms with Gasteiger partial charge in [-0.1, -0.05) is 12.1 Å². The van der Waals surface area contributed by atoms with Gasteiger partial charge in [-0.3, -0.25) is 10.1 Å². The average molecular weight is 494 g/mol. The van der Waals surface area contributed by atoms with E-state index in [-0.39, 0.29) is 29.5 Å². The fourth-order valence-electron chi connectivity index (χ4n) is 3.48. The minimum absolute atomic E-state index is 0.00906. The number of phenolic OH excluding ortho intramolecular Hbond substituents is 1. The summed E-state index contributed by atoms with van der Waals surface area (Å²) < 4.78 is 12.0. The van der Waals surface area contributed by atoms with Crippen molar-refractivity contribution < 1.29 is 19.5 Å². The monoisotopic (exact) mass is 493 g/mol. The molecule has 0 aromatic heterocycles. The summed E-state index contributed by atoms with van der Waals surface area (Å²) in [5, 5.41) is 30.2. The molecule has 0 spiro atoms. The molecule has 3 N–H and O–H groups in total. The van der Waals surface area contributed by atoms with Crippen molar-refractivity contribution in [3.63, 3.8) is 0 Å². The highest BCUT2D eigenvalue weighted by atomic mass is 79.9. The van der Waals surface area contributed by atoms with E-state index in [1.807, 2.05) is 12.1 Å². The van der Waals surface area contributed by atoms with E-state index in [0.717, 1.165) is 11.1 Å². The number of nitrogens with zero attached hydrogens (tertiary/aromatic N) is 2. The number of halogens is 1. The van der Waals surface area contributed by atoms with Crippen LogP contribution in [0.1, 0.15) is 22.6 Å². The Bertz CT molecular complexity index is 1280. The number of phenols is 1. The largest absolute Gasteiger partial charge is 0.508 e. The van der Waals surface area contributed by atoms with Gasteiger partial charge >= 0.3 is 0 Å². The second-order valence-electron chi connectivity index (χ2n) is 7.05. The number of hydrogen-bond donors (Lipinski definition) is 2. The maximum absolute atomic E-state index is 10.8. The number of nitro groups is 1. The van der Waals surface area contributed by atoms with Crippen molar-refractivity contribution in [2.45, 2.75) is 12.5 Å². The molecule has 0 saturated carbocycles. The summed E-state index contributed by atoms with van der Waals surface area (Å²) >= 11 is 3.51. The van der Waals surface area contributed by atoms with E-state index in [1.54, 1.807) is 24.3 Å². The standard InChI is InChI=1S/C23H16BrN3O5/c24-19-9-14(3-8-20(19)31-12-13-1-4-15(5-2-13)27(29)30)22-17-7-6-16(28)10-21(17)32-23(26)18(22)11-25/h1-10,22,28H,12,26H2/t22-/m0/s1. The van der Waals surface area contributed by atoms with Crippen molar-refractivity contribution in [2.75, 3.05) is 0 Å². The van der Waals surface area contributed by atoms with E-state index in [0.29, 0.717) is 21.5 Å². The molecule has 0 saturated heterocycles. The Morgan fingerprint density at radius 1 is 1.19 bits per heavy atom. The predicted octanol–water partition coefficient (Wildman–Crippen LogP) is 4.86. The van der Waals surface area contributed by atoms with E-state index in [9.17, 15) is 20.5 Å². The summed E-state index contributed by atoms with van der Waals surface area (Å²) in [6.07, 6.45) is 0. The van der Waals surface area contributed by atoms with Crippen molar-refractivity contribution in [1.29, 1.82) is 5.26 Å². The summed E-state index contributed by atoms with van der Waals surface area (Å²) in [5.41, 5.74) is 8.54. The normalized spacial score (nSPS) is 14.8. The molecule has 1 atom stereocenters. The van der Waals surface area contributed by atoms with Gasteiger partial charge < -0.3 is 20.3 Å². The zero-order valence-electron chi connectivity index (χ0n) is 16.5. The van der Waals surface area contributed by atoms with Crippen LogP contribution in [-0.2, 0) is 6.61 Å². The fraction of sp³-hybridized carbons (Fsp3) is 0.0870. The molecule has 9 heteroatoms. The Kier molecular flexibility index (Phi) is 5.71. The third kappa shape index (κ3) is 4.08. The van der Waals surface area contributed by atoms with Crippen LogP contribution in [0.5, 0.6) is 17.2 Å². The van der Waals surface area contributed by atoms with Gasteiger partial charge in [-0.15, -0.1) is 0 Å². The maximum Gasteiger partial charge on any atom is 0.269 e. The van der Waals surface area contributed by atoms with Crippen LogP contribution in [0.25, 0.3) is 0 Å². The Morgan fingerprint density at radius 3 is 2.59 bits per heavy atom. The second-order valence-corrected chi connectivity index (χ2v) is 7.90. The van der Waals surface area contributed by atoms with Gasteiger partial charge in [0.05, 0.1) is 15.3 Å². The average Bonchev–Trinajstić information content (AvgIpc) is 2.77. The number of hydrogen-bond acceptors (Lipinski definition) is 7. The maximum atomic E-state index is 10.8. The first-order chi connectivity index (χ1) is 15.4. The minimum atomic E-state index is -0.468.